The second-order valence-corrected chi connectivity index (χ2v) is 7.87. The molecule has 6 nitrogen and oxygen atoms in total. The molecule has 0 fully saturated rings. The number of carbonyl (C=O) groups is 2. The molecular formula is C26H32N2O4. The maximum Gasteiger partial charge on any atom is 0.290 e. The number of nitrogens with zero attached hydrogens (tertiary/aromatic N) is 2. The number of aryl methyl sites for hydroxylation is 1. The number of benzene rings is 2. The van der Waals surface area contributed by atoms with Crippen LogP contribution in [-0.4, -0.2) is 59.9 Å². The highest BCUT2D eigenvalue weighted by Crippen LogP contribution is 2.38. The van der Waals surface area contributed by atoms with E-state index in [1.807, 2.05) is 54.6 Å². The first kappa shape index (κ1) is 23.5. The fourth-order valence-electron chi connectivity index (χ4n) is 4.13. The van der Waals surface area contributed by atoms with E-state index >= 15 is 0 Å². The van der Waals surface area contributed by atoms with Gasteiger partial charge in [0.05, 0.1) is 18.7 Å². The zero-order valence-corrected chi connectivity index (χ0v) is 19.1. The summed E-state index contributed by atoms with van der Waals surface area (Å²) < 4.78 is 5.26. The van der Waals surface area contributed by atoms with Gasteiger partial charge < -0.3 is 19.6 Å². The molecule has 1 heterocycles. The standard InChI is InChI=1S/C26H32N2O4/c1-4-27(5-2)17-18-28-24(20-12-14-21(32-3)15-13-20)23(25(30)26(28)31)22(29)16-11-19-9-7-6-8-10-19/h6-10,12-15,24,30H,4-5,11,16-18H2,1-3H3. The van der Waals surface area contributed by atoms with E-state index in [1.54, 1.807) is 12.0 Å². The van der Waals surface area contributed by atoms with Crippen LogP contribution in [0.25, 0.3) is 0 Å². The molecule has 0 aliphatic carbocycles. The Morgan fingerprint density at radius 3 is 2.31 bits per heavy atom. The van der Waals surface area contributed by atoms with Gasteiger partial charge in [0.15, 0.2) is 11.5 Å². The molecule has 0 aromatic heterocycles. The van der Waals surface area contributed by atoms with Crippen molar-refractivity contribution in [2.45, 2.75) is 32.7 Å². The molecular weight excluding hydrogens is 404 g/mol. The molecule has 3 rings (SSSR count). The molecule has 6 heteroatoms. The second-order valence-electron chi connectivity index (χ2n) is 7.87. The van der Waals surface area contributed by atoms with Gasteiger partial charge in [-0.25, -0.2) is 0 Å². The monoisotopic (exact) mass is 436 g/mol. The van der Waals surface area contributed by atoms with E-state index in [0.29, 0.717) is 25.3 Å². The summed E-state index contributed by atoms with van der Waals surface area (Å²) in [5.74, 6) is -0.423. The van der Waals surface area contributed by atoms with Crippen molar-refractivity contribution in [1.82, 2.24) is 9.80 Å². The van der Waals surface area contributed by atoms with E-state index in [-0.39, 0.29) is 17.8 Å². The van der Waals surface area contributed by atoms with E-state index in [2.05, 4.69) is 18.7 Å². The summed E-state index contributed by atoms with van der Waals surface area (Å²) in [6, 6.07) is 16.5. The lowest BCUT2D eigenvalue weighted by Gasteiger charge is -2.29. The minimum absolute atomic E-state index is 0.190. The van der Waals surface area contributed by atoms with E-state index < -0.39 is 17.7 Å². The number of hydrogen-bond acceptors (Lipinski definition) is 5. The average Bonchev–Trinajstić information content (AvgIpc) is 3.09. The number of ether oxygens (including phenoxy) is 1. The van der Waals surface area contributed by atoms with E-state index in [9.17, 15) is 14.7 Å². The topological polar surface area (TPSA) is 70.1 Å². The van der Waals surface area contributed by atoms with E-state index in [4.69, 9.17) is 4.74 Å². The van der Waals surface area contributed by atoms with Crippen LogP contribution in [-0.2, 0) is 16.0 Å². The van der Waals surface area contributed by atoms with Crippen LogP contribution in [0.4, 0.5) is 0 Å². The number of likely N-dealkylation sites (N-methyl/N-ethyl adjacent to an activating group) is 1. The van der Waals surface area contributed by atoms with Gasteiger partial charge in [-0.2, -0.15) is 0 Å². The molecule has 0 spiro atoms. The molecule has 170 valence electrons. The first-order valence-electron chi connectivity index (χ1n) is 11.2. The van der Waals surface area contributed by atoms with Crippen LogP contribution in [0.3, 0.4) is 0 Å². The van der Waals surface area contributed by atoms with Gasteiger partial charge in [-0.1, -0.05) is 56.3 Å². The molecule has 0 radical (unpaired) electrons. The molecule has 1 aliphatic rings. The smallest absolute Gasteiger partial charge is 0.290 e. The predicted octanol–water partition coefficient (Wildman–Crippen LogP) is 3.93. The average molecular weight is 437 g/mol. The summed E-state index contributed by atoms with van der Waals surface area (Å²) in [7, 11) is 1.59. The van der Waals surface area contributed by atoms with Gasteiger partial charge in [0.2, 0.25) is 0 Å². The maximum atomic E-state index is 13.2. The SMILES string of the molecule is CCN(CC)CCN1C(=O)C(O)=C(C(=O)CCc2ccccc2)C1c1ccc(OC)cc1. The van der Waals surface area contributed by atoms with Crippen LogP contribution in [0.15, 0.2) is 65.9 Å². The van der Waals surface area contributed by atoms with Crippen LogP contribution in [0, 0.1) is 0 Å². The zero-order chi connectivity index (χ0) is 23.1. The summed E-state index contributed by atoms with van der Waals surface area (Å²) in [6.45, 7) is 6.98. The summed E-state index contributed by atoms with van der Waals surface area (Å²) in [5.41, 5.74) is 2.02. The van der Waals surface area contributed by atoms with Gasteiger partial charge >= 0.3 is 0 Å². The van der Waals surface area contributed by atoms with Crippen LogP contribution >= 0.6 is 0 Å². The first-order valence-corrected chi connectivity index (χ1v) is 11.2. The van der Waals surface area contributed by atoms with Crippen LogP contribution in [0.2, 0.25) is 0 Å². The second kappa shape index (κ2) is 11.0. The predicted molar refractivity (Wildman–Crippen MR) is 125 cm³/mol. The van der Waals surface area contributed by atoms with Gasteiger partial charge in [0.1, 0.15) is 5.75 Å². The van der Waals surface area contributed by atoms with Crippen molar-refractivity contribution >= 4 is 11.7 Å². The quantitative estimate of drug-likeness (QED) is 0.578. The molecule has 0 bridgehead atoms. The number of ketones is 1. The Kier molecular flexibility index (Phi) is 8.06. The van der Waals surface area contributed by atoms with E-state index in [1.165, 1.54) is 0 Å². The number of aliphatic hydroxyl groups is 1. The Balaban J connectivity index is 1.88. The highest BCUT2D eigenvalue weighted by atomic mass is 16.5. The molecule has 0 saturated heterocycles. The summed E-state index contributed by atoms with van der Waals surface area (Å²) in [6.07, 6.45) is 0.784. The van der Waals surface area contributed by atoms with Crippen LogP contribution < -0.4 is 4.74 Å². The zero-order valence-electron chi connectivity index (χ0n) is 19.1. The number of hydrogen-bond donors (Lipinski definition) is 1. The van der Waals surface area contributed by atoms with Crippen molar-refractivity contribution in [3.63, 3.8) is 0 Å². The molecule has 1 amide bonds. The van der Waals surface area contributed by atoms with Crippen LogP contribution in [0.1, 0.15) is 37.4 Å². The Bertz CT molecular complexity index is 950. The Morgan fingerprint density at radius 2 is 1.72 bits per heavy atom. The Hall–Kier alpha value is -3.12. The largest absolute Gasteiger partial charge is 0.503 e. The number of Topliss-reactive ketones (excluding diaryl/α,β-unsaturated/α-hetero) is 1. The third kappa shape index (κ3) is 5.19. The van der Waals surface area contributed by atoms with Crippen molar-refractivity contribution in [1.29, 1.82) is 0 Å². The van der Waals surface area contributed by atoms with Gasteiger partial charge in [0.25, 0.3) is 5.91 Å². The minimum atomic E-state index is -0.604. The molecule has 1 N–H and O–H groups in total. The fraction of sp³-hybridized carbons (Fsp3) is 0.385. The third-order valence-corrected chi connectivity index (χ3v) is 6.07. The Morgan fingerprint density at radius 1 is 1.06 bits per heavy atom. The highest BCUT2D eigenvalue weighted by Gasteiger charge is 2.43. The summed E-state index contributed by atoms with van der Waals surface area (Å²) >= 11 is 0. The van der Waals surface area contributed by atoms with Crippen molar-refractivity contribution < 1.29 is 19.4 Å². The number of aliphatic hydroxyl groups excluding tert-OH is 1. The van der Waals surface area contributed by atoms with Crippen LogP contribution in [0.5, 0.6) is 5.75 Å². The molecule has 32 heavy (non-hydrogen) atoms. The lowest BCUT2D eigenvalue weighted by Crippen LogP contribution is -2.38. The fourth-order valence-corrected chi connectivity index (χ4v) is 4.13. The highest BCUT2D eigenvalue weighted by molar-refractivity contribution is 6.09. The molecule has 1 unspecified atom stereocenters. The number of methoxy groups -OCH3 is 1. The molecule has 0 saturated carbocycles. The number of rotatable bonds is 11. The third-order valence-electron chi connectivity index (χ3n) is 6.07. The molecule has 1 atom stereocenters. The van der Waals surface area contributed by atoms with Crippen molar-refractivity contribution in [3.05, 3.63) is 77.1 Å². The summed E-state index contributed by atoms with van der Waals surface area (Å²) in [4.78, 5) is 30.1. The van der Waals surface area contributed by atoms with E-state index in [0.717, 1.165) is 24.2 Å². The first-order chi connectivity index (χ1) is 15.5. The van der Waals surface area contributed by atoms with Crippen molar-refractivity contribution in [2.24, 2.45) is 0 Å². The normalized spacial score (nSPS) is 16.2. The van der Waals surface area contributed by atoms with Gasteiger partial charge in [-0.15, -0.1) is 0 Å². The molecule has 2 aromatic carbocycles. The van der Waals surface area contributed by atoms with Crippen molar-refractivity contribution in [3.8, 4) is 5.75 Å². The Labute approximate surface area is 190 Å². The lowest BCUT2D eigenvalue weighted by molar-refractivity contribution is -0.129. The maximum absolute atomic E-state index is 13.2. The minimum Gasteiger partial charge on any atom is -0.503 e. The van der Waals surface area contributed by atoms with Gasteiger partial charge in [-0.3, -0.25) is 9.59 Å². The number of amides is 1. The summed E-state index contributed by atoms with van der Waals surface area (Å²) in [5, 5.41) is 10.7. The molecule has 1 aliphatic heterocycles. The molecule has 2 aromatic rings. The lowest BCUT2D eigenvalue weighted by atomic mass is 9.93. The number of carbonyl (C=O) groups excluding carboxylic acids is 2. The van der Waals surface area contributed by atoms with Gasteiger partial charge in [0, 0.05) is 19.5 Å². The van der Waals surface area contributed by atoms with Crippen molar-refractivity contribution in [2.75, 3.05) is 33.3 Å². The van der Waals surface area contributed by atoms with Gasteiger partial charge in [-0.05, 0) is 42.8 Å².